The molecular weight excluding hydrogens is 240 g/mol. The summed E-state index contributed by atoms with van der Waals surface area (Å²) in [5, 5.41) is 13.2. The van der Waals surface area contributed by atoms with Gasteiger partial charge in [0.2, 0.25) is 0 Å². The Kier molecular flexibility index (Phi) is 8.83. The van der Waals surface area contributed by atoms with Crippen LogP contribution >= 0.6 is 0 Å². The van der Waals surface area contributed by atoms with Gasteiger partial charge in [-0.3, -0.25) is 0 Å². The van der Waals surface area contributed by atoms with Crippen molar-refractivity contribution in [1.82, 2.24) is 10.2 Å². The molecule has 0 saturated carbocycles. The first kappa shape index (κ1) is 18.8. The minimum Gasteiger partial charge on any atom is -0.389 e. The molecule has 2 unspecified atom stereocenters. The fraction of sp³-hybridized carbons (Fsp3) is 1.00. The average molecular weight is 274 g/mol. The minimum atomic E-state index is -0.437. The molecule has 2 N–H and O–H groups in total. The molecule has 4 nitrogen and oxygen atoms in total. The van der Waals surface area contributed by atoms with Gasteiger partial charge in [-0.05, 0) is 47.2 Å². The van der Waals surface area contributed by atoms with Crippen LogP contribution in [0.25, 0.3) is 0 Å². The zero-order chi connectivity index (χ0) is 15.1. The van der Waals surface area contributed by atoms with Crippen LogP contribution in [-0.4, -0.2) is 61.5 Å². The molecule has 0 rings (SSSR count). The normalized spacial score (nSPS) is 16.1. The first-order chi connectivity index (χ1) is 8.65. The van der Waals surface area contributed by atoms with E-state index in [1.165, 1.54) is 0 Å². The van der Waals surface area contributed by atoms with Gasteiger partial charge in [-0.2, -0.15) is 0 Å². The molecule has 19 heavy (non-hydrogen) atoms. The number of nitrogens with zero attached hydrogens (tertiary/aromatic N) is 1. The van der Waals surface area contributed by atoms with Crippen LogP contribution in [0.5, 0.6) is 0 Å². The molecule has 0 aliphatic heterocycles. The van der Waals surface area contributed by atoms with Crippen LogP contribution in [0, 0.1) is 5.92 Å². The van der Waals surface area contributed by atoms with E-state index in [0.717, 1.165) is 13.0 Å². The zero-order valence-electron chi connectivity index (χ0n) is 13.9. The number of rotatable bonds is 10. The second-order valence-electron chi connectivity index (χ2n) is 6.77. The molecule has 0 aromatic carbocycles. The largest absolute Gasteiger partial charge is 0.389 e. The van der Waals surface area contributed by atoms with Crippen molar-refractivity contribution in [2.45, 2.75) is 58.8 Å². The lowest BCUT2D eigenvalue weighted by atomic mass is 10.0. The van der Waals surface area contributed by atoms with Gasteiger partial charge < -0.3 is 20.1 Å². The van der Waals surface area contributed by atoms with Crippen molar-refractivity contribution in [1.29, 1.82) is 0 Å². The highest BCUT2D eigenvalue weighted by Crippen LogP contribution is 2.09. The molecule has 0 spiro atoms. The van der Waals surface area contributed by atoms with E-state index in [-0.39, 0.29) is 11.6 Å². The Morgan fingerprint density at radius 2 is 1.79 bits per heavy atom. The van der Waals surface area contributed by atoms with E-state index < -0.39 is 6.10 Å². The maximum absolute atomic E-state index is 9.87. The van der Waals surface area contributed by atoms with Crippen LogP contribution in [0.3, 0.4) is 0 Å². The van der Waals surface area contributed by atoms with Gasteiger partial charge >= 0.3 is 0 Å². The van der Waals surface area contributed by atoms with Crippen LogP contribution in [0.2, 0.25) is 0 Å². The summed E-state index contributed by atoms with van der Waals surface area (Å²) in [5.41, 5.74) is 0.0888. The predicted octanol–water partition coefficient (Wildman–Crippen LogP) is 1.73. The highest BCUT2D eigenvalue weighted by molar-refractivity contribution is 4.80. The van der Waals surface area contributed by atoms with Crippen LogP contribution in [0.1, 0.15) is 41.0 Å². The third kappa shape index (κ3) is 9.38. The first-order valence-corrected chi connectivity index (χ1v) is 7.33. The summed E-state index contributed by atoms with van der Waals surface area (Å²) >= 11 is 0. The van der Waals surface area contributed by atoms with E-state index in [1.807, 2.05) is 0 Å². The van der Waals surface area contributed by atoms with Gasteiger partial charge in [0, 0.05) is 18.6 Å². The van der Waals surface area contributed by atoms with Crippen LogP contribution in [0.15, 0.2) is 0 Å². The second-order valence-corrected chi connectivity index (χ2v) is 6.77. The highest BCUT2D eigenvalue weighted by Gasteiger charge is 2.20. The Balaban J connectivity index is 3.73. The van der Waals surface area contributed by atoms with E-state index in [9.17, 15) is 5.11 Å². The van der Waals surface area contributed by atoms with Gasteiger partial charge in [0.1, 0.15) is 0 Å². The molecule has 0 bridgehead atoms. The van der Waals surface area contributed by atoms with Gasteiger partial charge in [-0.15, -0.1) is 0 Å². The summed E-state index contributed by atoms with van der Waals surface area (Å²) in [4.78, 5) is 2.17. The summed E-state index contributed by atoms with van der Waals surface area (Å²) in [7, 11) is 4.13. The molecule has 0 aromatic heterocycles. The van der Waals surface area contributed by atoms with Crippen LogP contribution in [0.4, 0.5) is 0 Å². The zero-order valence-corrected chi connectivity index (χ0v) is 13.9. The minimum absolute atomic E-state index is 0.0888. The van der Waals surface area contributed by atoms with E-state index in [0.29, 0.717) is 19.1 Å². The maximum Gasteiger partial charge on any atom is 0.0897 e. The lowest BCUT2D eigenvalue weighted by Gasteiger charge is -2.33. The smallest absolute Gasteiger partial charge is 0.0897 e. The average Bonchev–Trinajstić information content (AvgIpc) is 2.25. The van der Waals surface area contributed by atoms with E-state index in [2.05, 4.69) is 58.9 Å². The maximum atomic E-state index is 9.87. The number of nitrogens with one attached hydrogen (secondary N) is 1. The molecule has 0 radical (unpaired) electrons. The highest BCUT2D eigenvalue weighted by atomic mass is 16.5. The summed E-state index contributed by atoms with van der Waals surface area (Å²) in [6, 6.07) is 0. The molecule has 0 aliphatic carbocycles. The predicted molar refractivity (Wildman–Crippen MR) is 81.5 cm³/mol. The molecule has 116 valence electrons. The number of aliphatic hydroxyl groups is 1. The number of ether oxygens (including phenoxy) is 1. The lowest BCUT2D eigenvalue weighted by molar-refractivity contribution is -0.00927. The van der Waals surface area contributed by atoms with Crippen molar-refractivity contribution in [3.05, 3.63) is 0 Å². The molecule has 0 saturated heterocycles. The molecule has 4 heteroatoms. The topological polar surface area (TPSA) is 44.7 Å². The Labute approximate surface area is 119 Å². The molecule has 0 heterocycles. The number of hydrogen-bond donors (Lipinski definition) is 2. The van der Waals surface area contributed by atoms with E-state index in [4.69, 9.17) is 4.74 Å². The standard InChI is InChI=1S/C15H34N2O2/c1-12(2)8-13(3)19-10-14(18)9-16-11-15(4,5)17(6)7/h12-14,16,18H,8-11H2,1-7H3. The van der Waals surface area contributed by atoms with Gasteiger partial charge in [0.15, 0.2) is 0 Å². The molecular formula is C15H34N2O2. The van der Waals surface area contributed by atoms with Gasteiger partial charge in [0.05, 0.1) is 18.8 Å². The molecule has 0 fully saturated rings. The second kappa shape index (κ2) is 8.90. The Hall–Kier alpha value is -0.160. The SMILES string of the molecule is CC(C)CC(C)OCC(O)CNCC(C)(C)N(C)C. The van der Waals surface area contributed by atoms with Crippen molar-refractivity contribution < 1.29 is 9.84 Å². The van der Waals surface area contributed by atoms with Crippen molar-refractivity contribution >= 4 is 0 Å². The third-order valence-electron chi connectivity index (χ3n) is 3.52. The molecule has 0 aliphatic rings. The number of likely N-dealkylation sites (N-methyl/N-ethyl adjacent to an activating group) is 1. The molecule has 0 amide bonds. The van der Waals surface area contributed by atoms with Crippen molar-refractivity contribution in [3.63, 3.8) is 0 Å². The Morgan fingerprint density at radius 1 is 1.21 bits per heavy atom. The summed E-state index contributed by atoms with van der Waals surface area (Å²) in [6.45, 7) is 12.6. The summed E-state index contributed by atoms with van der Waals surface area (Å²) in [6.07, 6.45) is 0.814. The summed E-state index contributed by atoms with van der Waals surface area (Å²) < 4.78 is 5.64. The number of aliphatic hydroxyl groups excluding tert-OH is 1. The third-order valence-corrected chi connectivity index (χ3v) is 3.52. The van der Waals surface area contributed by atoms with Crippen LogP contribution < -0.4 is 5.32 Å². The monoisotopic (exact) mass is 274 g/mol. The molecule has 0 aromatic rings. The van der Waals surface area contributed by atoms with Gasteiger partial charge in [-0.1, -0.05) is 13.8 Å². The quantitative estimate of drug-likeness (QED) is 0.637. The van der Waals surface area contributed by atoms with E-state index in [1.54, 1.807) is 0 Å². The molecule has 2 atom stereocenters. The fourth-order valence-electron chi connectivity index (χ4n) is 1.77. The fourth-order valence-corrected chi connectivity index (χ4v) is 1.77. The van der Waals surface area contributed by atoms with Crippen molar-refractivity contribution in [2.75, 3.05) is 33.8 Å². The van der Waals surface area contributed by atoms with Crippen molar-refractivity contribution in [2.24, 2.45) is 5.92 Å². The lowest BCUT2D eigenvalue weighted by Crippen LogP contribution is -2.48. The van der Waals surface area contributed by atoms with Crippen molar-refractivity contribution in [3.8, 4) is 0 Å². The van der Waals surface area contributed by atoms with Crippen LogP contribution in [-0.2, 0) is 4.74 Å². The Morgan fingerprint density at radius 3 is 2.26 bits per heavy atom. The van der Waals surface area contributed by atoms with E-state index >= 15 is 0 Å². The number of hydrogen-bond acceptors (Lipinski definition) is 4. The Bertz CT molecular complexity index is 230. The van der Waals surface area contributed by atoms with Gasteiger partial charge in [-0.25, -0.2) is 0 Å². The summed E-state index contributed by atoms with van der Waals surface area (Å²) in [5.74, 6) is 0.631. The first-order valence-electron chi connectivity index (χ1n) is 7.33. The van der Waals surface area contributed by atoms with Gasteiger partial charge in [0.25, 0.3) is 0 Å².